The van der Waals surface area contributed by atoms with Crippen molar-refractivity contribution < 1.29 is 77.6 Å². The molecule has 7 atom stereocenters. The summed E-state index contributed by atoms with van der Waals surface area (Å²) in [5, 5.41) is 61.2. The number of phenols is 2. The first-order valence-corrected chi connectivity index (χ1v) is 24.9. The van der Waals surface area contributed by atoms with Crippen LogP contribution in [0.3, 0.4) is 0 Å². The van der Waals surface area contributed by atoms with Crippen molar-refractivity contribution in [3.63, 3.8) is 0 Å². The van der Waals surface area contributed by atoms with Crippen molar-refractivity contribution >= 4 is 58.9 Å². The topological polar surface area (TPSA) is 279 Å². The van der Waals surface area contributed by atoms with Crippen LogP contribution in [0, 0.1) is 19.7 Å². The minimum absolute atomic E-state index is 0. The number of H-pyrrole nitrogens is 1. The van der Waals surface area contributed by atoms with Gasteiger partial charge in [0.1, 0.15) is 35.3 Å². The van der Waals surface area contributed by atoms with Crippen LogP contribution in [0.4, 0.5) is 10.1 Å². The summed E-state index contributed by atoms with van der Waals surface area (Å²) in [6, 6.07) is 8.12. The molecule has 4 heterocycles. The number of hydrogen-bond acceptors (Lipinski definition) is 17. The quantitative estimate of drug-likeness (QED) is 0.0574. The summed E-state index contributed by atoms with van der Waals surface area (Å²) in [4.78, 5) is 72.9. The molecule has 0 saturated carbocycles. The first-order chi connectivity index (χ1) is 35.8. The molecule has 2 aliphatic carbocycles. The summed E-state index contributed by atoms with van der Waals surface area (Å²) in [6.45, 7) is 13.0. The minimum atomic E-state index is -2.26. The number of amides is 2. The highest BCUT2D eigenvalue weighted by Crippen LogP contribution is 2.53. The standard InChI is InChI=1S/C32H37NO13.C22H27FN4O2.ClH/c1-14-27(36)17(33-7-8-44-22(12-33)43-3)9-21(45-14)46-19-11-32(41,20(35)13-34)10-16-24(19)31(40)26-25(29(16)38)28(37)15-5-4-6-18(42-2)23(15)30(26)39;1-5-27(6-2)10-9-24-22(29)20-13(3)19(25-14(20)4)12-17-16-11-15(23)7-8-18(16)26-21(17)28;/h4-6,14,17,19,21-22,27,34,36,38,40-41H,7-13H2,1-3H3;7-8,11-12,25H,5-6,9-10H2,1-4H3,(H,24,29)(H,26,28);1H/b;17-12-;/t14-,17-,19-,21-,22-,27+,32-;;/m0../s1. The second-order valence-corrected chi connectivity index (χ2v) is 19.2. The lowest BCUT2D eigenvalue weighted by atomic mass is 9.72. The monoisotopic (exact) mass is 1080 g/mol. The molecule has 5 aliphatic rings. The number of carbonyl (C=O) groups is 5. The van der Waals surface area contributed by atoms with E-state index >= 15 is 0 Å². The van der Waals surface area contributed by atoms with E-state index in [0.29, 0.717) is 54.3 Å². The van der Waals surface area contributed by atoms with Gasteiger partial charge in [-0.05, 0) is 69.8 Å². The number of methoxy groups -OCH3 is 2. The number of halogens is 2. The van der Waals surface area contributed by atoms with Crippen LogP contribution in [-0.2, 0) is 35.0 Å². The van der Waals surface area contributed by atoms with Crippen LogP contribution in [0.15, 0.2) is 36.4 Å². The van der Waals surface area contributed by atoms with Gasteiger partial charge in [0.25, 0.3) is 11.8 Å². The molecule has 8 N–H and O–H groups in total. The zero-order chi connectivity index (χ0) is 54.2. The molecule has 20 nitrogen and oxygen atoms in total. The van der Waals surface area contributed by atoms with Gasteiger partial charge in [0, 0.05) is 97.9 Å². The maximum absolute atomic E-state index is 13.9. The number of morpholine rings is 1. The van der Waals surface area contributed by atoms with Crippen LogP contribution in [0.1, 0.15) is 116 Å². The summed E-state index contributed by atoms with van der Waals surface area (Å²) in [6.07, 6.45) is -3.78. The average molecular weight is 1080 g/mol. The van der Waals surface area contributed by atoms with Gasteiger partial charge in [0.2, 0.25) is 5.78 Å². The highest BCUT2D eigenvalue weighted by molar-refractivity contribution is 6.35. The Kier molecular flexibility index (Phi) is 17.9. The molecule has 4 aromatic rings. The number of ketones is 3. The zero-order valence-electron chi connectivity index (χ0n) is 43.3. The number of fused-ring (bicyclic) bond motifs is 4. The van der Waals surface area contributed by atoms with Gasteiger partial charge in [-0.3, -0.25) is 28.9 Å². The molecule has 0 unspecified atom stereocenters. The van der Waals surface area contributed by atoms with Crippen LogP contribution in [0.2, 0.25) is 0 Å². The number of anilines is 1. The molecule has 410 valence electrons. The second-order valence-electron chi connectivity index (χ2n) is 19.2. The molecule has 3 aliphatic heterocycles. The Morgan fingerprint density at radius 3 is 2.42 bits per heavy atom. The van der Waals surface area contributed by atoms with Gasteiger partial charge >= 0.3 is 0 Å². The highest BCUT2D eigenvalue weighted by atomic mass is 35.5. The van der Waals surface area contributed by atoms with Gasteiger partial charge < -0.3 is 69.7 Å². The Labute approximate surface area is 444 Å². The van der Waals surface area contributed by atoms with Crippen molar-refractivity contribution in [1.29, 1.82) is 0 Å². The number of hydrogen-bond donors (Lipinski definition) is 8. The fraction of sp³-hybridized carbons (Fsp3) is 0.463. The fourth-order valence-electron chi connectivity index (χ4n) is 10.8. The number of rotatable bonds is 14. The van der Waals surface area contributed by atoms with Gasteiger partial charge in [-0.25, -0.2) is 4.39 Å². The number of aromatic nitrogens is 1. The van der Waals surface area contributed by atoms with Crippen molar-refractivity contribution in [3.05, 3.63) is 104 Å². The van der Waals surface area contributed by atoms with Crippen LogP contribution in [0.25, 0.3) is 11.6 Å². The Balaban J connectivity index is 0.000000242. The van der Waals surface area contributed by atoms with Gasteiger partial charge in [-0.15, -0.1) is 12.4 Å². The number of ether oxygens (including phenoxy) is 5. The molecule has 0 radical (unpaired) electrons. The number of aryl methyl sites for hydroxylation is 1. The van der Waals surface area contributed by atoms with Crippen molar-refractivity contribution in [2.75, 3.05) is 72.0 Å². The second kappa shape index (κ2) is 23.6. The molecular weight excluding hydrogens is 1010 g/mol. The highest BCUT2D eigenvalue weighted by Gasteiger charge is 2.51. The summed E-state index contributed by atoms with van der Waals surface area (Å²) >= 11 is 0. The van der Waals surface area contributed by atoms with E-state index in [1.54, 1.807) is 19.1 Å². The number of Topliss-reactive ketones (excluding diaryl/α,β-unsaturated/α-hetero) is 1. The molecule has 3 aromatic carbocycles. The lowest BCUT2D eigenvalue weighted by molar-refractivity contribution is -0.266. The number of aromatic hydroxyl groups is 2. The number of aliphatic hydroxyl groups excluding tert-OH is 2. The van der Waals surface area contributed by atoms with Crippen molar-refractivity contribution in [2.24, 2.45) is 0 Å². The van der Waals surface area contributed by atoms with Crippen LogP contribution in [0.5, 0.6) is 17.2 Å². The molecule has 0 bridgehead atoms. The van der Waals surface area contributed by atoms with E-state index in [-0.39, 0.29) is 58.6 Å². The number of nitrogens with zero attached hydrogens (tertiary/aromatic N) is 2. The summed E-state index contributed by atoms with van der Waals surface area (Å²) in [5.41, 5.74) is 0.585. The Bertz CT molecular complexity index is 2940. The predicted octanol–water partition coefficient (Wildman–Crippen LogP) is 4.10. The molecule has 1 aromatic heterocycles. The van der Waals surface area contributed by atoms with Crippen molar-refractivity contribution in [3.8, 4) is 17.2 Å². The SMILES string of the molecule is CCN(CC)CCNC(=O)c1c(C)[nH]c(/C=C2\C(=O)Nc3ccc(F)cc32)c1C.COc1cccc2c1C(=O)c1c(O)c3c(c(O)c1C2=O)C[C@@](O)(C(=O)CO)C[C@@H]3O[C@H]1C[C@H](N2CCO[C@H](OC)C2)[C@H](O)[C@H](C)O1.Cl. The molecule has 76 heavy (non-hydrogen) atoms. The Morgan fingerprint density at radius 2 is 1.74 bits per heavy atom. The number of nitrogens with one attached hydrogen (secondary N) is 3. The zero-order valence-corrected chi connectivity index (χ0v) is 44.1. The molecule has 2 saturated heterocycles. The van der Waals surface area contributed by atoms with Crippen molar-refractivity contribution in [1.82, 2.24) is 20.1 Å². The van der Waals surface area contributed by atoms with E-state index in [1.165, 1.54) is 44.6 Å². The molecule has 2 fully saturated rings. The third-order valence-corrected chi connectivity index (χ3v) is 14.9. The molecular formula is C54H65ClFN5O15. The van der Waals surface area contributed by atoms with Crippen LogP contribution in [-0.4, -0.2) is 173 Å². The number of carbonyl (C=O) groups excluding carboxylic acids is 5. The van der Waals surface area contributed by atoms with E-state index < -0.39 is 108 Å². The maximum atomic E-state index is 13.9. The normalized spacial score (nSPS) is 24.4. The largest absolute Gasteiger partial charge is 0.507 e. The number of phenolic OH excluding ortho intramolecular Hbond substituents is 2. The van der Waals surface area contributed by atoms with E-state index in [2.05, 4.69) is 34.4 Å². The lowest BCUT2D eigenvalue weighted by Gasteiger charge is -2.47. The van der Waals surface area contributed by atoms with E-state index in [0.717, 1.165) is 30.9 Å². The van der Waals surface area contributed by atoms with Crippen molar-refractivity contribution in [2.45, 2.75) is 96.4 Å². The predicted molar refractivity (Wildman–Crippen MR) is 276 cm³/mol. The number of aromatic amines is 1. The average Bonchev–Trinajstić information content (AvgIpc) is 3.88. The summed E-state index contributed by atoms with van der Waals surface area (Å²) in [7, 11) is 2.85. The Morgan fingerprint density at radius 1 is 1.01 bits per heavy atom. The number of benzene rings is 3. The first-order valence-electron chi connectivity index (χ1n) is 24.9. The molecule has 2 amide bonds. The maximum Gasteiger partial charge on any atom is 0.256 e. The van der Waals surface area contributed by atoms with Gasteiger partial charge in [-0.1, -0.05) is 26.0 Å². The number of aliphatic hydroxyl groups is 3. The minimum Gasteiger partial charge on any atom is -0.507 e. The van der Waals surface area contributed by atoms with Gasteiger partial charge in [0.05, 0.1) is 59.9 Å². The van der Waals surface area contributed by atoms with Gasteiger partial charge in [-0.2, -0.15) is 0 Å². The smallest absolute Gasteiger partial charge is 0.256 e. The Hall–Kier alpha value is -6.11. The summed E-state index contributed by atoms with van der Waals surface area (Å²) in [5.74, 6) is -4.59. The molecule has 22 heteroatoms. The summed E-state index contributed by atoms with van der Waals surface area (Å²) < 4.78 is 42.2. The van der Waals surface area contributed by atoms with E-state index in [4.69, 9.17) is 23.7 Å². The lowest BCUT2D eigenvalue weighted by Crippen LogP contribution is -2.59. The van der Waals surface area contributed by atoms with E-state index in [1.807, 2.05) is 18.7 Å². The first kappa shape index (κ1) is 57.6. The van der Waals surface area contributed by atoms with Crippen LogP contribution >= 0.6 is 12.4 Å². The van der Waals surface area contributed by atoms with E-state index in [9.17, 15) is 53.9 Å². The number of likely N-dealkylation sites (N-methyl/N-ethyl adjacent to an activating group) is 1. The third kappa shape index (κ3) is 10.9. The molecule has 0 spiro atoms. The molecule has 9 rings (SSSR count). The fourth-order valence-corrected chi connectivity index (χ4v) is 10.8. The van der Waals surface area contributed by atoms with Gasteiger partial charge in [0.15, 0.2) is 24.1 Å². The van der Waals surface area contributed by atoms with Crippen LogP contribution < -0.4 is 15.4 Å². The third-order valence-electron chi connectivity index (χ3n) is 14.9.